The lowest BCUT2D eigenvalue weighted by Crippen LogP contribution is -2.26. The third-order valence-corrected chi connectivity index (χ3v) is 5.16. The number of nitrogens with one attached hydrogen (secondary N) is 1. The van der Waals surface area contributed by atoms with E-state index in [0.29, 0.717) is 11.8 Å². The van der Waals surface area contributed by atoms with Gasteiger partial charge in [0.05, 0.1) is 6.20 Å². The zero-order chi connectivity index (χ0) is 17.1. The number of oxazole rings is 1. The molecule has 0 bridgehead atoms. The van der Waals surface area contributed by atoms with Crippen molar-refractivity contribution in [2.45, 2.75) is 25.2 Å². The molecule has 1 aromatic heterocycles. The average molecular weight is 353 g/mol. The second-order valence-corrected chi connectivity index (χ2v) is 6.97. The minimum absolute atomic E-state index is 0.480. The highest BCUT2D eigenvalue weighted by atomic mass is 35.5. The van der Waals surface area contributed by atoms with E-state index >= 15 is 0 Å². The van der Waals surface area contributed by atoms with Crippen molar-refractivity contribution in [3.63, 3.8) is 0 Å². The number of nitrogens with zero attached hydrogens (tertiary/aromatic N) is 1. The van der Waals surface area contributed by atoms with Gasteiger partial charge in [0.2, 0.25) is 5.89 Å². The van der Waals surface area contributed by atoms with Crippen LogP contribution in [0.4, 0.5) is 0 Å². The standard InChI is InChI=1S/C21H21ClN2O/c22-19-7-2-1-5-17(19)12-15-4-3-6-18(13-15)21-24-14-20(25-21)16-8-10-23-11-9-16/h1-7,13-14,16,23H,8-12H2. The monoisotopic (exact) mass is 352 g/mol. The third kappa shape index (κ3) is 3.78. The lowest BCUT2D eigenvalue weighted by molar-refractivity contribution is 0.390. The van der Waals surface area contributed by atoms with Crippen molar-refractivity contribution in [1.82, 2.24) is 10.3 Å². The summed E-state index contributed by atoms with van der Waals surface area (Å²) in [5.41, 5.74) is 3.35. The molecule has 1 fully saturated rings. The van der Waals surface area contributed by atoms with Crippen LogP contribution in [0, 0.1) is 0 Å². The highest BCUT2D eigenvalue weighted by Gasteiger charge is 2.19. The Morgan fingerprint density at radius 1 is 1.08 bits per heavy atom. The Kier molecular flexibility index (Phi) is 4.86. The van der Waals surface area contributed by atoms with E-state index in [2.05, 4.69) is 34.6 Å². The van der Waals surface area contributed by atoms with Crippen LogP contribution >= 0.6 is 11.6 Å². The molecule has 0 unspecified atom stereocenters. The first kappa shape index (κ1) is 16.4. The van der Waals surface area contributed by atoms with Crippen molar-refractivity contribution in [2.75, 3.05) is 13.1 Å². The molecular weight excluding hydrogens is 332 g/mol. The highest BCUT2D eigenvalue weighted by molar-refractivity contribution is 6.31. The zero-order valence-electron chi connectivity index (χ0n) is 14.0. The van der Waals surface area contributed by atoms with Crippen LogP contribution < -0.4 is 5.32 Å². The Hall–Kier alpha value is -2.10. The molecule has 128 valence electrons. The number of benzene rings is 2. The lowest BCUT2D eigenvalue weighted by atomic mass is 9.96. The topological polar surface area (TPSA) is 38.1 Å². The van der Waals surface area contributed by atoms with Gasteiger partial charge in [-0.2, -0.15) is 0 Å². The van der Waals surface area contributed by atoms with Gasteiger partial charge >= 0.3 is 0 Å². The van der Waals surface area contributed by atoms with Gasteiger partial charge in [0, 0.05) is 16.5 Å². The summed E-state index contributed by atoms with van der Waals surface area (Å²) in [6.45, 7) is 2.10. The minimum atomic E-state index is 0.480. The summed E-state index contributed by atoms with van der Waals surface area (Å²) in [5.74, 6) is 2.19. The maximum atomic E-state index is 6.28. The SMILES string of the molecule is Clc1ccccc1Cc1cccc(-c2ncc(C3CCNCC3)o2)c1. The van der Waals surface area contributed by atoms with Gasteiger partial charge in [-0.25, -0.2) is 4.98 Å². The summed E-state index contributed by atoms with van der Waals surface area (Å²) in [7, 11) is 0. The fraction of sp³-hybridized carbons (Fsp3) is 0.286. The molecule has 0 atom stereocenters. The van der Waals surface area contributed by atoms with E-state index < -0.39 is 0 Å². The number of halogens is 1. The van der Waals surface area contributed by atoms with E-state index in [9.17, 15) is 0 Å². The van der Waals surface area contributed by atoms with Crippen LogP contribution in [0.1, 0.15) is 35.6 Å². The van der Waals surface area contributed by atoms with Gasteiger partial charge in [0.15, 0.2) is 0 Å². The van der Waals surface area contributed by atoms with Gasteiger partial charge in [0.1, 0.15) is 5.76 Å². The smallest absolute Gasteiger partial charge is 0.226 e. The predicted octanol–water partition coefficient (Wildman–Crippen LogP) is 5.05. The van der Waals surface area contributed by atoms with Gasteiger partial charge in [-0.15, -0.1) is 0 Å². The fourth-order valence-corrected chi connectivity index (χ4v) is 3.59. The molecule has 1 aliphatic rings. The molecule has 0 aliphatic carbocycles. The number of hydrogen-bond donors (Lipinski definition) is 1. The molecule has 2 heterocycles. The molecule has 0 spiro atoms. The van der Waals surface area contributed by atoms with Crippen LogP contribution in [-0.4, -0.2) is 18.1 Å². The summed E-state index contributed by atoms with van der Waals surface area (Å²) in [6, 6.07) is 16.3. The summed E-state index contributed by atoms with van der Waals surface area (Å²) in [6.07, 6.45) is 4.92. The first-order valence-electron chi connectivity index (χ1n) is 8.79. The lowest BCUT2D eigenvalue weighted by Gasteiger charge is -2.19. The summed E-state index contributed by atoms with van der Waals surface area (Å²) < 4.78 is 6.07. The Morgan fingerprint density at radius 3 is 2.76 bits per heavy atom. The van der Waals surface area contributed by atoms with Crippen LogP contribution in [0.5, 0.6) is 0 Å². The number of aromatic nitrogens is 1. The maximum Gasteiger partial charge on any atom is 0.226 e. The van der Waals surface area contributed by atoms with E-state index in [1.165, 1.54) is 5.56 Å². The largest absolute Gasteiger partial charge is 0.441 e. The molecule has 3 nitrogen and oxygen atoms in total. The zero-order valence-corrected chi connectivity index (χ0v) is 14.8. The van der Waals surface area contributed by atoms with Crippen LogP contribution in [-0.2, 0) is 6.42 Å². The second-order valence-electron chi connectivity index (χ2n) is 6.56. The molecule has 3 aromatic rings. The van der Waals surface area contributed by atoms with Gasteiger partial charge in [-0.3, -0.25) is 0 Å². The Labute approximate surface area is 153 Å². The average Bonchev–Trinajstić information content (AvgIpc) is 3.15. The summed E-state index contributed by atoms with van der Waals surface area (Å²) >= 11 is 6.28. The summed E-state index contributed by atoms with van der Waals surface area (Å²) in [5, 5.41) is 4.19. The first-order valence-corrected chi connectivity index (χ1v) is 9.16. The van der Waals surface area contributed by atoms with Crippen molar-refractivity contribution in [2.24, 2.45) is 0 Å². The third-order valence-electron chi connectivity index (χ3n) is 4.79. The van der Waals surface area contributed by atoms with Gasteiger partial charge < -0.3 is 9.73 Å². The molecule has 1 saturated heterocycles. The Balaban J connectivity index is 1.55. The van der Waals surface area contributed by atoms with Crippen molar-refractivity contribution >= 4 is 11.6 Å². The first-order chi connectivity index (χ1) is 12.3. The molecule has 2 aromatic carbocycles. The van der Waals surface area contributed by atoms with E-state index in [-0.39, 0.29) is 0 Å². The number of piperidine rings is 1. The van der Waals surface area contributed by atoms with Gasteiger partial charge in [-0.05, 0) is 61.7 Å². The molecule has 0 saturated carbocycles. The van der Waals surface area contributed by atoms with Crippen LogP contribution in [0.15, 0.2) is 59.1 Å². The number of hydrogen-bond acceptors (Lipinski definition) is 3. The van der Waals surface area contributed by atoms with Crippen LogP contribution in [0.25, 0.3) is 11.5 Å². The molecule has 1 aliphatic heterocycles. The van der Waals surface area contributed by atoms with E-state index in [1.54, 1.807) is 0 Å². The molecule has 4 heteroatoms. The molecule has 25 heavy (non-hydrogen) atoms. The minimum Gasteiger partial charge on any atom is -0.441 e. The second kappa shape index (κ2) is 7.42. The van der Waals surface area contributed by atoms with Crippen LogP contribution in [0.2, 0.25) is 5.02 Å². The molecular formula is C21H21ClN2O. The molecule has 0 amide bonds. The highest BCUT2D eigenvalue weighted by Crippen LogP contribution is 2.29. The van der Waals surface area contributed by atoms with E-state index in [4.69, 9.17) is 16.0 Å². The molecule has 4 rings (SSSR count). The number of rotatable bonds is 4. The van der Waals surface area contributed by atoms with Crippen molar-refractivity contribution in [3.05, 3.63) is 76.6 Å². The van der Waals surface area contributed by atoms with E-state index in [0.717, 1.165) is 54.3 Å². The van der Waals surface area contributed by atoms with Crippen molar-refractivity contribution < 1.29 is 4.42 Å². The quantitative estimate of drug-likeness (QED) is 0.713. The normalized spacial score (nSPS) is 15.4. The molecule has 1 N–H and O–H groups in total. The van der Waals surface area contributed by atoms with Gasteiger partial charge in [-0.1, -0.05) is 41.9 Å². The van der Waals surface area contributed by atoms with Crippen molar-refractivity contribution in [1.29, 1.82) is 0 Å². The van der Waals surface area contributed by atoms with E-state index in [1.807, 2.05) is 30.5 Å². The fourth-order valence-electron chi connectivity index (χ4n) is 3.39. The maximum absolute atomic E-state index is 6.28. The summed E-state index contributed by atoms with van der Waals surface area (Å²) in [4.78, 5) is 4.51. The van der Waals surface area contributed by atoms with Crippen LogP contribution in [0.3, 0.4) is 0 Å². The predicted molar refractivity (Wildman–Crippen MR) is 101 cm³/mol. The van der Waals surface area contributed by atoms with Crippen molar-refractivity contribution in [3.8, 4) is 11.5 Å². The van der Waals surface area contributed by atoms with Gasteiger partial charge in [0.25, 0.3) is 0 Å². The Bertz CT molecular complexity index is 852. The molecule has 0 radical (unpaired) electrons. The Morgan fingerprint density at radius 2 is 1.92 bits per heavy atom.